The van der Waals surface area contributed by atoms with Gasteiger partial charge in [-0.25, -0.2) is 4.98 Å². The fourth-order valence-corrected chi connectivity index (χ4v) is 3.95. The van der Waals surface area contributed by atoms with Crippen molar-refractivity contribution in [2.45, 2.75) is 26.3 Å². The first-order valence-corrected chi connectivity index (χ1v) is 11.6. The standard InChI is InChI=1S/C24H34N6O2.HI/c1-2-25-24(28-12-6-5-11-27-23-7-3-4-10-26-23)30-15-13-29(14-16-30)18-20-8-9-21-22(17-20)32-19-31-21;/h3-4,7-10,17H,2,5-6,11-16,18-19H2,1H3,(H,25,28)(H,26,27);1H. The first kappa shape index (κ1) is 25.4. The number of nitrogens with one attached hydrogen (secondary N) is 2. The second-order valence-electron chi connectivity index (χ2n) is 8.04. The Morgan fingerprint density at radius 1 is 1.06 bits per heavy atom. The van der Waals surface area contributed by atoms with Gasteiger partial charge in [0.15, 0.2) is 17.5 Å². The number of rotatable bonds is 9. The van der Waals surface area contributed by atoms with E-state index in [2.05, 4.69) is 44.5 Å². The van der Waals surface area contributed by atoms with E-state index in [1.807, 2.05) is 30.5 Å². The maximum atomic E-state index is 5.51. The Labute approximate surface area is 213 Å². The predicted octanol–water partition coefficient (Wildman–Crippen LogP) is 3.40. The summed E-state index contributed by atoms with van der Waals surface area (Å²) in [4.78, 5) is 14.0. The van der Waals surface area contributed by atoms with Crippen molar-refractivity contribution in [3.05, 3.63) is 48.2 Å². The molecule has 0 unspecified atom stereocenters. The van der Waals surface area contributed by atoms with Crippen molar-refractivity contribution in [2.75, 3.05) is 57.9 Å². The molecule has 2 N–H and O–H groups in total. The number of hydrogen-bond acceptors (Lipinski definition) is 6. The molecule has 0 aliphatic carbocycles. The van der Waals surface area contributed by atoms with Gasteiger partial charge in [0.25, 0.3) is 0 Å². The summed E-state index contributed by atoms with van der Waals surface area (Å²) < 4.78 is 10.9. The number of nitrogens with zero attached hydrogens (tertiary/aromatic N) is 4. The van der Waals surface area contributed by atoms with E-state index >= 15 is 0 Å². The molecule has 2 aliphatic rings. The third kappa shape index (κ3) is 7.63. The van der Waals surface area contributed by atoms with E-state index in [1.54, 1.807) is 0 Å². The zero-order chi connectivity index (χ0) is 22.0. The van der Waals surface area contributed by atoms with Crippen LogP contribution in [0, 0.1) is 0 Å². The molecule has 1 aromatic heterocycles. The molecule has 9 heteroatoms. The number of aromatic nitrogens is 1. The van der Waals surface area contributed by atoms with Crippen LogP contribution in [0.3, 0.4) is 0 Å². The van der Waals surface area contributed by atoms with Gasteiger partial charge >= 0.3 is 0 Å². The third-order valence-corrected chi connectivity index (χ3v) is 5.67. The smallest absolute Gasteiger partial charge is 0.231 e. The first-order valence-electron chi connectivity index (χ1n) is 11.6. The fraction of sp³-hybridized carbons (Fsp3) is 0.500. The van der Waals surface area contributed by atoms with Gasteiger partial charge in [0, 0.05) is 58.6 Å². The normalized spacial score (nSPS) is 15.8. The highest BCUT2D eigenvalue weighted by molar-refractivity contribution is 14.0. The van der Waals surface area contributed by atoms with Crippen LogP contribution in [0.5, 0.6) is 11.5 Å². The van der Waals surface area contributed by atoms with Gasteiger partial charge in [-0.05, 0) is 49.6 Å². The van der Waals surface area contributed by atoms with Gasteiger partial charge in [-0.2, -0.15) is 0 Å². The highest BCUT2D eigenvalue weighted by Gasteiger charge is 2.20. The summed E-state index contributed by atoms with van der Waals surface area (Å²) in [5.74, 6) is 3.67. The van der Waals surface area contributed by atoms with Crippen LogP contribution in [0.2, 0.25) is 0 Å². The minimum absolute atomic E-state index is 0. The predicted molar refractivity (Wildman–Crippen MR) is 143 cm³/mol. The molecule has 2 aromatic rings. The summed E-state index contributed by atoms with van der Waals surface area (Å²) in [6, 6.07) is 12.2. The van der Waals surface area contributed by atoms with E-state index in [0.717, 1.165) is 88.5 Å². The monoisotopic (exact) mass is 566 g/mol. The van der Waals surface area contributed by atoms with Crippen molar-refractivity contribution in [3.63, 3.8) is 0 Å². The molecule has 8 nitrogen and oxygen atoms in total. The number of piperazine rings is 1. The van der Waals surface area contributed by atoms with Gasteiger partial charge in [-0.3, -0.25) is 9.89 Å². The number of unbranched alkanes of at least 4 members (excludes halogenated alkanes) is 1. The summed E-state index contributed by atoms with van der Waals surface area (Å²) in [6.45, 7) is 10.0. The van der Waals surface area contributed by atoms with Gasteiger partial charge in [0.1, 0.15) is 5.82 Å². The molecule has 0 radical (unpaired) electrons. The van der Waals surface area contributed by atoms with Gasteiger partial charge in [0.2, 0.25) is 6.79 Å². The zero-order valence-corrected chi connectivity index (χ0v) is 21.7. The van der Waals surface area contributed by atoms with Crippen molar-refractivity contribution < 1.29 is 9.47 Å². The maximum absolute atomic E-state index is 5.51. The van der Waals surface area contributed by atoms with Gasteiger partial charge < -0.3 is 25.0 Å². The maximum Gasteiger partial charge on any atom is 0.231 e. The molecule has 0 atom stereocenters. The highest BCUT2D eigenvalue weighted by atomic mass is 127. The Balaban J connectivity index is 0.00000306. The molecule has 1 fully saturated rings. The van der Waals surface area contributed by atoms with E-state index in [1.165, 1.54) is 5.56 Å². The molecular formula is C24H35IN6O2. The van der Waals surface area contributed by atoms with Gasteiger partial charge in [-0.1, -0.05) is 12.1 Å². The Bertz CT molecular complexity index is 875. The molecule has 33 heavy (non-hydrogen) atoms. The van der Waals surface area contributed by atoms with Gasteiger partial charge in [-0.15, -0.1) is 24.0 Å². The number of fused-ring (bicyclic) bond motifs is 1. The minimum Gasteiger partial charge on any atom is -0.454 e. The molecule has 3 heterocycles. The lowest BCUT2D eigenvalue weighted by Gasteiger charge is -2.36. The van der Waals surface area contributed by atoms with E-state index in [9.17, 15) is 0 Å². The van der Waals surface area contributed by atoms with Crippen LogP contribution in [0.25, 0.3) is 0 Å². The van der Waals surface area contributed by atoms with Crippen molar-refractivity contribution in [3.8, 4) is 11.5 Å². The number of anilines is 1. The second-order valence-corrected chi connectivity index (χ2v) is 8.04. The zero-order valence-electron chi connectivity index (χ0n) is 19.3. The van der Waals surface area contributed by atoms with Crippen LogP contribution in [-0.2, 0) is 6.54 Å². The Hall–Kier alpha value is -2.27. The summed E-state index contributed by atoms with van der Waals surface area (Å²) in [7, 11) is 0. The number of benzene rings is 1. The fourth-order valence-electron chi connectivity index (χ4n) is 3.95. The average Bonchev–Trinajstić information content (AvgIpc) is 3.30. The number of hydrogen-bond donors (Lipinski definition) is 2. The molecule has 1 saturated heterocycles. The molecule has 0 saturated carbocycles. The second kappa shape index (κ2) is 13.4. The van der Waals surface area contributed by atoms with Crippen molar-refractivity contribution in [1.82, 2.24) is 20.1 Å². The van der Waals surface area contributed by atoms with E-state index < -0.39 is 0 Å². The number of halogens is 1. The Kier molecular flexibility index (Phi) is 10.3. The molecule has 1 aromatic carbocycles. The number of pyridine rings is 1. The number of guanidine groups is 1. The lowest BCUT2D eigenvalue weighted by Crippen LogP contribution is -2.52. The topological polar surface area (TPSA) is 74.3 Å². The third-order valence-electron chi connectivity index (χ3n) is 5.67. The summed E-state index contributed by atoms with van der Waals surface area (Å²) in [5.41, 5.74) is 1.27. The SMILES string of the molecule is CCNC(=NCCCCNc1ccccn1)N1CCN(Cc2ccc3c(c2)OCO3)CC1.I. The lowest BCUT2D eigenvalue weighted by molar-refractivity contribution is 0.171. The van der Waals surface area contributed by atoms with Crippen LogP contribution >= 0.6 is 24.0 Å². The Morgan fingerprint density at radius 2 is 1.91 bits per heavy atom. The lowest BCUT2D eigenvalue weighted by atomic mass is 10.1. The molecule has 0 bridgehead atoms. The number of ether oxygens (including phenoxy) is 2. The van der Waals surface area contributed by atoms with Crippen molar-refractivity contribution in [1.29, 1.82) is 0 Å². The first-order chi connectivity index (χ1) is 15.8. The average molecular weight is 566 g/mol. The van der Waals surface area contributed by atoms with Crippen molar-refractivity contribution >= 4 is 35.8 Å². The highest BCUT2D eigenvalue weighted by Crippen LogP contribution is 2.32. The van der Waals surface area contributed by atoms with E-state index in [0.29, 0.717) is 6.79 Å². The summed E-state index contributed by atoms with van der Waals surface area (Å²) in [6.07, 6.45) is 3.94. The van der Waals surface area contributed by atoms with E-state index in [4.69, 9.17) is 14.5 Å². The number of aliphatic imine (C=N–C) groups is 1. The molecule has 0 amide bonds. The largest absolute Gasteiger partial charge is 0.454 e. The minimum atomic E-state index is 0. The van der Waals surface area contributed by atoms with Crippen LogP contribution in [0.15, 0.2) is 47.6 Å². The molecule has 4 rings (SSSR count). The Morgan fingerprint density at radius 3 is 2.70 bits per heavy atom. The molecule has 0 spiro atoms. The summed E-state index contributed by atoms with van der Waals surface area (Å²) >= 11 is 0. The van der Waals surface area contributed by atoms with E-state index in [-0.39, 0.29) is 24.0 Å². The molecule has 2 aliphatic heterocycles. The van der Waals surface area contributed by atoms with Crippen LogP contribution in [-0.4, -0.2) is 73.3 Å². The molecule has 180 valence electrons. The van der Waals surface area contributed by atoms with Crippen LogP contribution in [0.1, 0.15) is 25.3 Å². The quantitative estimate of drug-likeness (QED) is 0.209. The van der Waals surface area contributed by atoms with Crippen LogP contribution in [0.4, 0.5) is 5.82 Å². The molecular weight excluding hydrogens is 531 g/mol. The van der Waals surface area contributed by atoms with Crippen LogP contribution < -0.4 is 20.1 Å². The van der Waals surface area contributed by atoms with Crippen molar-refractivity contribution in [2.24, 2.45) is 4.99 Å². The summed E-state index contributed by atoms with van der Waals surface area (Å²) in [5, 5.41) is 6.82. The van der Waals surface area contributed by atoms with Gasteiger partial charge in [0.05, 0.1) is 0 Å².